The number of methoxy groups -OCH3 is 1. The first-order valence-corrected chi connectivity index (χ1v) is 7.99. The molecule has 2 atom stereocenters. The van der Waals surface area contributed by atoms with Crippen LogP contribution in [-0.2, 0) is 5.54 Å². The standard InChI is InChI=1S/C17H21N5O/c1-23-10-5-6-13-11(8-10)12-9-20-22-15(12)16(21-13)17(19)7-3-2-4-14(17)18/h5-6,8-9,14H,2-4,7,18-19H2,1H3,(H,20,22). The minimum atomic E-state index is -0.625. The second kappa shape index (κ2) is 5.18. The van der Waals surface area contributed by atoms with Crippen LogP contribution in [0.4, 0.5) is 0 Å². The summed E-state index contributed by atoms with van der Waals surface area (Å²) < 4.78 is 5.33. The molecule has 1 aliphatic carbocycles. The molecule has 2 unspecified atom stereocenters. The van der Waals surface area contributed by atoms with Gasteiger partial charge in [0.2, 0.25) is 0 Å². The molecule has 4 rings (SSSR count). The summed E-state index contributed by atoms with van der Waals surface area (Å²) in [6, 6.07) is 5.75. The second-order valence-corrected chi connectivity index (χ2v) is 6.38. The lowest BCUT2D eigenvalue weighted by molar-refractivity contribution is 0.252. The van der Waals surface area contributed by atoms with Crippen molar-refractivity contribution in [3.8, 4) is 5.75 Å². The Kier molecular flexibility index (Phi) is 3.25. The Bertz CT molecular complexity index is 874. The number of aromatic amines is 1. The number of H-pyrrole nitrogens is 1. The van der Waals surface area contributed by atoms with Crippen LogP contribution in [0.3, 0.4) is 0 Å². The van der Waals surface area contributed by atoms with Gasteiger partial charge < -0.3 is 16.2 Å². The number of benzene rings is 1. The van der Waals surface area contributed by atoms with Gasteiger partial charge in [0.1, 0.15) is 11.3 Å². The van der Waals surface area contributed by atoms with Gasteiger partial charge in [-0.3, -0.25) is 5.10 Å². The van der Waals surface area contributed by atoms with Gasteiger partial charge in [-0.15, -0.1) is 0 Å². The van der Waals surface area contributed by atoms with Crippen LogP contribution >= 0.6 is 0 Å². The molecule has 5 N–H and O–H groups in total. The zero-order chi connectivity index (χ0) is 16.0. The average Bonchev–Trinajstić information content (AvgIpc) is 3.06. The van der Waals surface area contributed by atoms with E-state index in [4.69, 9.17) is 21.2 Å². The SMILES string of the molecule is COc1ccc2nc(C3(N)CCCCC3N)c3n[nH]cc3c2c1. The number of rotatable bonds is 2. The van der Waals surface area contributed by atoms with Crippen molar-refractivity contribution in [3.05, 3.63) is 30.1 Å². The van der Waals surface area contributed by atoms with Crippen LogP contribution in [-0.4, -0.2) is 28.3 Å². The van der Waals surface area contributed by atoms with Crippen molar-refractivity contribution < 1.29 is 4.74 Å². The summed E-state index contributed by atoms with van der Waals surface area (Å²) in [5.41, 5.74) is 15.0. The number of pyridine rings is 1. The third-order valence-electron chi connectivity index (χ3n) is 5.05. The van der Waals surface area contributed by atoms with Crippen molar-refractivity contribution in [2.75, 3.05) is 7.11 Å². The summed E-state index contributed by atoms with van der Waals surface area (Å²) in [5.74, 6) is 0.798. The van der Waals surface area contributed by atoms with Gasteiger partial charge in [-0.1, -0.05) is 12.8 Å². The summed E-state index contributed by atoms with van der Waals surface area (Å²) in [5, 5.41) is 9.38. The molecule has 6 nitrogen and oxygen atoms in total. The Hall–Kier alpha value is -2.18. The first kappa shape index (κ1) is 14.4. The summed E-state index contributed by atoms with van der Waals surface area (Å²) in [4.78, 5) is 4.85. The molecule has 6 heteroatoms. The van der Waals surface area contributed by atoms with E-state index in [9.17, 15) is 0 Å². The average molecular weight is 311 g/mol. The highest BCUT2D eigenvalue weighted by Crippen LogP contribution is 2.38. The molecule has 0 spiro atoms. The van der Waals surface area contributed by atoms with E-state index in [1.807, 2.05) is 24.4 Å². The minimum absolute atomic E-state index is 0.0978. The molecule has 0 radical (unpaired) electrons. The van der Waals surface area contributed by atoms with E-state index < -0.39 is 5.54 Å². The highest BCUT2D eigenvalue weighted by atomic mass is 16.5. The lowest BCUT2D eigenvalue weighted by Crippen LogP contribution is -2.55. The second-order valence-electron chi connectivity index (χ2n) is 6.38. The van der Waals surface area contributed by atoms with Crippen molar-refractivity contribution in [1.29, 1.82) is 0 Å². The molecule has 120 valence electrons. The molecule has 1 aromatic carbocycles. The Morgan fingerprint density at radius 3 is 2.96 bits per heavy atom. The molecule has 1 aliphatic rings. The minimum Gasteiger partial charge on any atom is -0.497 e. The quantitative estimate of drug-likeness (QED) is 0.673. The number of aromatic nitrogens is 3. The number of nitrogens with one attached hydrogen (secondary N) is 1. The first-order valence-electron chi connectivity index (χ1n) is 7.99. The smallest absolute Gasteiger partial charge is 0.119 e. The number of hydrogen-bond acceptors (Lipinski definition) is 5. The molecule has 1 fully saturated rings. The van der Waals surface area contributed by atoms with E-state index in [0.717, 1.165) is 58.9 Å². The maximum Gasteiger partial charge on any atom is 0.119 e. The largest absolute Gasteiger partial charge is 0.497 e. The van der Waals surface area contributed by atoms with E-state index in [1.54, 1.807) is 7.11 Å². The van der Waals surface area contributed by atoms with Gasteiger partial charge in [0.15, 0.2) is 0 Å². The topological polar surface area (TPSA) is 103 Å². The zero-order valence-corrected chi connectivity index (χ0v) is 13.2. The molecule has 3 aromatic rings. The molecule has 23 heavy (non-hydrogen) atoms. The number of hydrogen-bond donors (Lipinski definition) is 3. The molecule has 2 heterocycles. The van der Waals surface area contributed by atoms with Crippen LogP contribution in [0.2, 0.25) is 0 Å². The fourth-order valence-electron chi connectivity index (χ4n) is 3.65. The maximum absolute atomic E-state index is 6.73. The van der Waals surface area contributed by atoms with Crippen molar-refractivity contribution in [1.82, 2.24) is 15.2 Å². The van der Waals surface area contributed by atoms with E-state index in [2.05, 4.69) is 10.2 Å². The molecule has 0 aliphatic heterocycles. The predicted molar refractivity (Wildman–Crippen MR) is 90.3 cm³/mol. The Morgan fingerprint density at radius 2 is 2.17 bits per heavy atom. The van der Waals surface area contributed by atoms with E-state index in [1.165, 1.54) is 0 Å². The Labute approximate surface area is 134 Å². The number of ether oxygens (including phenoxy) is 1. The third kappa shape index (κ3) is 2.09. The van der Waals surface area contributed by atoms with Crippen LogP contribution < -0.4 is 16.2 Å². The fourth-order valence-corrected chi connectivity index (χ4v) is 3.65. The van der Waals surface area contributed by atoms with Crippen molar-refractivity contribution in [3.63, 3.8) is 0 Å². The molecule has 0 bridgehead atoms. The highest BCUT2D eigenvalue weighted by Gasteiger charge is 2.40. The Morgan fingerprint density at radius 1 is 1.30 bits per heavy atom. The van der Waals surface area contributed by atoms with Gasteiger partial charge in [-0.05, 0) is 31.0 Å². The van der Waals surface area contributed by atoms with Gasteiger partial charge in [-0.25, -0.2) is 4.98 Å². The predicted octanol–water partition coefficient (Wildman–Crippen LogP) is 2.17. The molecule has 0 saturated heterocycles. The maximum atomic E-state index is 6.73. The fraction of sp³-hybridized carbons (Fsp3) is 0.412. The van der Waals surface area contributed by atoms with Gasteiger partial charge in [0, 0.05) is 23.0 Å². The van der Waals surface area contributed by atoms with Crippen LogP contribution in [0, 0.1) is 0 Å². The van der Waals surface area contributed by atoms with E-state index in [0.29, 0.717) is 0 Å². The van der Waals surface area contributed by atoms with Crippen molar-refractivity contribution in [2.24, 2.45) is 11.5 Å². The monoisotopic (exact) mass is 311 g/mol. The molecule has 2 aromatic heterocycles. The van der Waals surface area contributed by atoms with Crippen LogP contribution in [0.1, 0.15) is 31.4 Å². The van der Waals surface area contributed by atoms with E-state index in [-0.39, 0.29) is 6.04 Å². The van der Waals surface area contributed by atoms with Crippen LogP contribution in [0.5, 0.6) is 5.75 Å². The molecule has 0 amide bonds. The summed E-state index contributed by atoms with van der Waals surface area (Å²) in [6.45, 7) is 0. The molecular weight excluding hydrogens is 290 g/mol. The van der Waals surface area contributed by atoms with Gasteiger partial charge in [0.05, 0.1) is 23.9 Å². The molecule has 1 saturated carbocycles. The normalized spacial score (nSPS) is 25.1. The number of nitrogens with two attached hydrogens (primary N) is 2. The summed E-state index contributed by atoms with van der Waals surface area (Å²) in [6.07, 6.45) is 5.84. The van der Waals surface area contributed by atoms with Gasteiger partial charge in [0.25, 0.3) is 0 Å². The summed E-state index contributed by atoms with van der Waals surface area (Å²) >= 11 is 0. The van der Waals surface area contributed by atoms with Crippen LogP contribution in [0.15, 0.2) is 24.4 Å². The number of fused-ring (bicyclic) bond motifs is 3. The van der Waals surface area contributed by atoms with E-state index >= 15 is 0 Å². The third-order valence-corrected chi connectivity index (χ3v) is 5.05. The van der Waals surface area contributed by atoms with Gasteiger partial charge in [-0.2, -0.15) is 5.10 Å². The molecular formula is C17H21N5O. The lowest BCUT2D eigenvalue weighted by atomic mass is 9.75. The van der Waals surface area contributed by atoms with Crippen molar-refractivity contribution in [2.45, 2.75) is 37.3 Å². The highest BCUT2D eigenvalue weighted by molar-refractivity contribution is 6.05. The lowest BCUT2D eigenvalue weighted by Gasteiger charge is -2.38. The Balaban J connectivity index is 2.01. The van der Waals surface area contributed by atoms with Crippen molar-refractivity contribution >= 4 is 21.8 Å². The zero-order valence-electron chi connectivity index (χ0n) is 13.2. The summed E-state index contributed by atoms with van der Waals surface area (Å²) in [7, 11) is 1.66. The van der Waals surface area contributed by atoms with Crippen LogP contribution in [0.25, 0.3) is 21.8 Å². The number of nitrogens with zero attached hydrogens (tertiary/aromatic N) is 2. The first-order chi connectivity index (χ1) is 11.1. The van der Waals surface area contributed by atoms with Gasteiger partial charge >= 0.3 is 0 Å².